The highest BCUT2D eigenvalue weighted by atomic mass is 32.2. The quantitative estimate of drug-likeness (QED) is 0.758. The lowest BCUT2D eigenvalue weighted by Gasteiger charge is -2.14. The van der Waals surface area contributed by atoms with Gasteiger partial charge in [0, 0.05) is 10.6 Å². The molecule has 13 heavy (non-hydrogen) atoms. The Hall–Kier alpha value is -0.320. The van der Waals surface area contributed by atoms with Crippen LogP contribution in [0.5, 0.6) is 0 Å². The molecule has 0 amide bonds. The van der Waals surface area contributed by atoms with Gasteiger partial charge < -0.3 is 5.32 Å². The second-order valence-electron chi connectivity index (χ2n) is 3.01. The lowest BCUT2D eigenvalue weighted by Crippen LogP contribution is -2.12. The summed E-state index contributed by atoms with van der Waals surface area (Å²) in [6, 6.07) is 8.42. The van der Waals surface area contributed by atoms with Gasteiger partial charge in [-0.3, -0.25) is 4.31 Å². The van der Waals surface area contributed by atoms with Crippen molar-refractivity contribution in [3.8, 4) is 0 Å². The molecule has 0 saturated carbocycles. The fourth-order valence-corrected chi connectivity index (χ4v) is 3.59. The maximum Gasteiger partial charge on any atom is 0.138 e. The number of benzene rings is 1. The molecule has 2 nitrogen and oxygen atoms in total. The van der Waals surface area contributed by atoms with E-state index >= 15 is 0 Å². The number of thioether (sulfide) groups is 1. The zero-order chi connectivity index (χ0) is 9.26. The van der Waals surface area contributed by atoms with E-state index in [1.54, 1.807) is 11.9 Å². The summed E-state index contributed by atoms with van der Waals surface area (Å²) in [5.74, 6) is 0. The molecule has 0 aliphatic carbocycles. The van der Waals surface area contributed by atoms with Gasteiger partial charge in [0.25, 0.3) is 0 Å². The minimum absolute atomic E-state index is 0.424. The minimum atomic E-state index is 0.424. The minimum Gasteiger partial charge on any atom is -0.363 e. The van der Waals surface area contributed by atoms with Gasteiger partial charge in [0.15, 0.2) is 0 Å². The zero-order valence-corrected chi connectivity index (χ0v) is 9.28. The van der Waals surface area contributed by atoms with Gasteiger partial charge in [0.05, 0.1) is 0 Å². The third kappa shape index (κ3) is 2.13. The van der Waals surface area contributed by atoms with Crippen LogP contribution >= 0.6 is 23.7 Å². The van der Waals surface area contributed by atoms with E-state index in [9.17, 15) is 0 Å². The number of hydrogen-bond donors (Lipinski definition) is 1. The van der Waals surface area contributed by atoms with Crippen molar-refractivity contribution in [2.75, 3.05) is 19.4 Å². The highest BCUT2D eigenvalue weighted by molar-refractivity contribution is 8.16. The molecule has 1 aromatic carbocycles. The SMILES string of the molecule is CN(C)SC1Nc2ccccc2S1. The average Bonchev–Trinajstić information content (AvgIpc) is 2.44. The van der Waals surface area contributed by atoms with Gasteiger partial charge >= 0.3 is 0 Å². The van der Waals surface area contributed by atoms with E-state index in [0.717, 1.165) is 0 Å². The summed E-state index contributed by atoms with van der Waals surface area (Å²) < 4.78 is 2.55. The molecule has 1 aliphatic rings. The molecule has 1 aliphatic heterocycles. The molecule has 0 saturated heterocycles. The van der Waals surface area contributed by atoms with E-state index < -0.39 is 0 Å². The highest BCUT2D eigenvalue weighted by Gasteiger charge is 2.21. The van der Waals surface area contributed by atoms with Gasteiger partial charge in [-0.05, 0) is 38.2 Å². The second kappa shape index (κ2) is 3.82. The molecule has 0 spiro atoms. The Morgan fingerprint density at radius 1 is 1.38 bits per heavy atom. The van der Waals surface area contributed by atoms with Gasteiger partial charge in [-0.15, -0.1) is 0 Å². The molecule has 1 atom stereocenters. The molecule has 70 valence electrons. The number of anilines is 1. The molecule has 1 N–H and O–H groups in total. The number of rotatable bonds is 2. The van der Waals surface area contributed by atoms with Crippen molar-refractivity contribution in [1.82, 2.24) is 4.31 Å². The fraction of sp³-hybridized carbons (Fsp3) is 0.333. The zero-order valence-electron chi connectivity index (χ0n) is 7.65. The molecule has 0 bridgehead atoms. The van der Waals surface area contributed by atoms with Crippen LogP contribution in [0.4, 0.5) is 5.69 Å². The number of nitrogens with zero attached hydrogens (tertiary/aromatic N) is 1. The van der Waals surface area contributed by atoms with E-state index in [-0.39, 0.29) is 0 Å². The molecule has 1 unspecified atom stereocenters. The van der Waals surface area contributed by atoms with Gasteiger partial charge in [0.1, 0.15) is 4.71 Å². The van der Waals surface area contributed by atoms with Gasteiger partial charge in [-0.2, -0.15) is 0 Å². The van der Waals surface area contributed by atoms with Crippen molar-refractivity contribution in [3.05, 3.63) is 24.3 Å². The number of nitrogens with one attached hydrogen (secondary N) is 1. The number of fused-ring (bicyclic) bond motifs is 1. The summed E-state index contributed by atoms with van der Waals surface area (Å²) in [5, 5.41) is 3.45. The van der Waals surface area contributed by atoms with Crippen molar-refractivity contribution < 1.29 is 0 Å². The number of para-hydroxylation sites is 1. The van der Waals surface area contributed by atoms with Gasteiger partial charge in [-0.1, -0.05) is 23.9 Å². The van der Waals surface area contributed by atoms with Gasteiger partial charge in [-0.25, -0.2) is 0 Å². The first-order chi connectivity index (χ1) is 6.25. The van der Waals surface area contributed by atoms with Crippen LogP contribution in [-0.4, -0.2) is 23.1 Å². The van der Waals surface area contributed by atoms with Crippen molar-refractivity contribution in [3.63, 3.8) is 0 Å². The van der Waals surface area contributed by atoms with Crippen LogP contribution in [0.1, 0.15) is 0 Å². The molecular weight excluding hydrogens is 200 g/mol. The molecule has 0 radical (unpaired) electrons. The normalized spacial score (nSPS) is 20.1. The second-order valence-corrected chi connectivity index (χ2v) is 5.87. The van der Waals surface area contributed by atoms with E-state index in [1.807, 2.05) is 11.8 Å². The molecule has 0 aromatic heterocycles. The highest BCUT2D eigenvalue weighted by Crippen LogP contribution is 2.42. The molecule has 1 heterocycles. The molecule has 2 rings (SSSR count). The Balaban J connectivity index is 2.05. The van der Waals surface area contributed by atoms with Crippen molar-refractivity contribution in [2.45, 2.75) is 9.60 Å². The standard InChI is InChI=1S/C9H12N2S2/c1-11(2)13-9-10-7-5-3-4-6-8(7)12-9/h3-6,9-10H,1-2H3. The number of hydrogen-bond acceptors (Lipinski definition) is 4. The Morgan fingerprint density at radius 3 is 2.85 bits per heavy atom. The van der Waals surface area contributed by atoms with Crippen LogP contribution in [0.15, 0.2) is 29.2 Å². The first kappa shape index (κ1) is 9.24. The first-order valence-corrected chi connectivity index (χ1v) is 5.83. The van der Waals surface area contributed by atoms with Crippen LogP contribution in [0.2, 0.25) is 0 Å². The van der Waals surface area contributed by atoms with Crippen molar-refractivity contribution in [2.24, 2.45) is 0 Å². The molecule has 1 aromatic rings. The van der Waals surface area contributed by atoms with E-state index in [1.165, 1.54) is 10.6 Å². The third-order valence-corrected chi connectivity index (χ3v) is 3.92. The lowest BCUT2D eigenvalue weighted by atomic mass is 10.3. The van der Waals surface area contributed by atoms with Crippen LogP contribution in [0.3, 0.4) is 0 Å². The lowest BCUT2D eigenvalue weighted by molar-refractivity contribution is 0.702. The Bertz CT molecular complexity index is 276. The predicted molar refractivity (Wildman–Crippen MR) is 61.0 cm³/mol. The van der Waals surface area contributed by atoms with Crippen LogP contribution < -0.4 is 5.32 Å². The monoisotopic (exact) mass is 212 g/mol. The maximum atomic E-state index is 3.45. The van der Waals surface area contributed by atoms with Gasteiger partial charge in [0.2, 0.25) is 0 Å². The topological polar surface area (TPSA) is 15.3 Å². The van der Waals surface area contributed by atoms with Crippen LogP contribution in [0, 0.1) is 0 Å². The van der Waals surface area contributed by atoms with Crippen LogP contribution in [-0.2, 0) is 0 Å². The summed E-state index contributed by atoms with van der Waals surface area (Å²) in [5.41, 5.74) is 1.26. The Morgan fingerprint density at radius 2 is 2.15 bits per heavy atom. The Kier molecular flexibility index (Phi) is 2.71. The molecular formula is C9H12N2S2. The van der Waals surface area contributed by atoms with E-state index in [0.29, 0.717) is 4.71 Å². The smallest absolute Gasteiger partial charge is 0.138 e. The van der Waals surface area contributed by atoms with E-state index in [4.69, 9.17) is 0 Å². The first-order valence-electron chi connectivity index (χ1n) is 4.12. The average molecular weight is 212 g/mol. The summed E-state index contributed by atoms with van der Waals surface area (Å²) in [4.78, 5) is 1.35. The molecule has 0 fully saturated rings. The largest absolute Gasteiger partial charge is 0.363 e. The van der Waals surface area contributed by atoms with Crippen LogP contribution in [0.25, 0.3) is 0 Å². The van der Waals surface area contributed by atoms with Crippen molar-refractivity contribution >= 4 is 29.4 Å². The fourth-order valence-electron chi connectivity index (χ4n) is 1.20. The van der Waals surface area contributed by atoms with Crippen molar-refractivity contribution in [1.29, 1.82) is 0 Å². The van der Waals surface area contributed by atoms with E-state index in [2.05, 4.69) is 48.0 Å². The summed E-state index contributed by atoms with van der Waals surface area (Å²) in [6.45, 7) is 0. The Labute approximate surface area is 87.2 Å². The summed E-state index contributed by atoms with van der Waals surface area (Å²) in [6.07, 6.45) is 0. The summed E-state index contributed by atoms with van der Waals surface area (Å²) in [7, 11) is 4.13. The predicted octanol–water partition coefficient (Wildman–Crippen LogP) is 2.70. The third-order valence-electron chi connectivity index (χ3n) is 1.70. The molecule has 4 heteroatoms. The summed E-state index contributed by atoms with van der Waals surface area (Å²) >= 11 is 3.68. The maximum absolute atomic E-state index is 3.45.